The van der Waals surface area contributed by atoms with Gasteiger partial charge in [-0.25, -0.2) is 0 Å². The van der Waals surface area contributed by atoms with Crippen LogP contribution in [-0.4, -0.2) is 61.1 Å². The van der Waals surface area contributed by atoms with E-state index in [0.717, 1.165) is 43.6 Å². The molecule has 3 heterocycles. The quantitative estimate of drug-likeness (QED) is 0.609. The highest BCUT2D eigenvalue weighted by Gasteiger charge is 2.42. The molecular formula is C25H26ClN5O3. The molecule has 2 aromatic rings. The molecule has 2 aromatic carbocycles. The maximum absolute atomic E-state index is 13.2. The van der Waals surface area contributed by atoms with Gasteiger partial charge in [0.05, 0.1) is 35.0 Å². The van der Waals surface area contributed by atoms with Crippen LogP contribution in [0.1, 0.15) is 51.5 Å². The van der Waals surface area contributed by atoms with Crippen molar-refractivity contribution in [3.05, 3.63) is 58.1 Å². The number of ether oxygens (including phenoxy) is 1. The van der Waals surface area contributed by atoms with Crippen molar-refractivity contribution in [3.63, 3.8) is 0 Å². The first-order valence-electron chi connectivity index (χ1n) is 11.8. The van der Waals surface area contributed by atoms with Gasteiger partial charge in [-0.1, -0.05) is 17.7 Å². The van der Waals surface area contributed by atoms with E-state index < -0.39 is 0 Å². The van der Waals surface area contributed by atoms with Gasteiger partial charge in [0.1, 0.15) is 0 Å². The van der Waals surface area contributed by atoms with Gasteiger partial charge in [-0.15, -0.1) is 0 Å². The number of anilines is 2. The molecule has 0 radical (unpaired) electrons. The third-order valence-electron chi connectivity index (χ3n) is 6.90. The standard InChI is InChI=1S/C25H26ClN5O3/c26-22-18(24(33)31-12-17-11-16(31)13-34-17)2-1-3-21(22)29-20-7-6-15(10-19(20)14-4-5-14)23(32)30-25-27-8-9-28-25/h1-3,6-7,10,14,16-17,29H,4-5,8-9,11-13H2,(H2,27,28,30,32)/t16-,17-/m0/s1. The monoisotopic (exact) mass is 479 g/mol. The smallest absolute Gasteiger partial charge is 0.280 e. The van der Waals surface area contributed by atoms with E-state index in [1.165, 1.54) is 0 Å². The summed E-state index contributed by atoms with van der Waals surface area (Å²) < 4.78 is 5.63. The molecule has 4 aliphatic rings. The maximum atomic E-state index is 13.2. The van der Waals surface area contributed by atoms with E-state index in [2.05, 4.69) is 20.9 Å². The van der Waals surface area contributed by atoms with Gasteiger partial charge in [-0.05, 0) is 61.1 Å². The molecule has 34 heavy (non-hydrogen) atoms. The first-order chi connectivity index (χ1) is 16.6. The lowest BCUT2D eigenvalue weighted by Gasteiger charge is -2.27. The molecular weight excluding hydrogens is 454 g/mol. The average Bonchev–Trinajstić information content (AvgIpc) is 3.20. The SMILES string of the molecule is O=C(N=C1NCCN1)c1ccc(Nc2cccc(C(=O)N3C[C@@H]4C[C@H]3CO4)c2Cl)c(C2CC2)c1. The third kappa shape index (κ3) is 4.01. The average molecular weight is 480 g/mol. The summed E-state index contributed by atoms with van der Waals surface area (Å²) >= 11 is 6.73. The van der Waals surface area contributed by atoms with Gasteiger partial charge in [0.15, 0.2) is 5.96 Å². The minimum Gasteiger partial charge on any atom is -0.374 e. The molecule has 176 valence electrons. The number of hydrogen-bond acceptors (Lipinski definition) is 4. The predicted molar refractivity (Wildman–Crippen MR) is 130 cm³/mol. The second kappa shape index (κ2) is 8.60. The van der Waals surface area contributed by atoms with Crippen molar-refractivity contribution in [2.75, 3.05) is 31.6 Å². The number of aliphatic imine (C=N–C) groups is 1. The van der Waals surface area contributed by atoms with Gasteiger partial charge in [0, 0.05) is 30.9 Å². The van der Waals surface area contributed by atoms with Gasteiger partial charge in [-0.2, -0.15) is 4.99 Å². The summed E-state index contributed by atoms with van der Waals surface area (Å²) in [5, 5.41) is 9.93. The van der Waals surface area contributed by atoms with E-state index in [4.69, 9.17) is 16.3 Å². The number of carbonyl (C=O) groups is 2. The number of fused-ring (bicyclic) bond motifs is 2. The molecule has 6 rings (SSSR count). The van der Waals surface area contributed by atoms with Crippen LogP contribution in [0.4, 0.5) is 11.4 Å². The minimum absolute atomic E-state index is 0.0546. The zero-order chi connectivity index (χ0) is 23.2. The molecule has 0 unspecified atom stereocenters. The van der Waals surface area contributed by atoms with Gasteiger partial charge in [0.25, 0.3) is 11.8 Å². The van der Waals surface area contributed by atoms with Gasteiger partial charge >= 0.3 is 0 Å². The maximum Gasteiger partial charge on any atom is 0.280 e. The van der Waals surface area contributed by atoms with E-state index in [1.807, 2.05) is 29.2 Å². The number of rotatable bonds is 5. The van der Waals surface area contributed by atoms with Gasteiger partial charge < -0.3 is 25.6 Å². The van der Waals surface area contributed by atoms with Crippen molar-refractivity contribution in [1.82, 2.24) is 15.5 Å². The molecule has 3 aliphatic heterocycles. The molecule has 1 aliphatic carbocycles. The molecule has 1 saturated carbocycles. The van der Waals surface area contributed by atoms with Crippen molar-refractivity contribution >= 4 is 40.7 Å². The van der Waals surface area contributed by atoms with Crippen molar-refractivity contribution in [2.45, 2.75) is 37.3 Å². The second-order valence-corrected chi connectivity index (χ2v) is 9.67. The summed E-state index contributed by atoms with van der Waals surface area (Å²) in [6.07, 6.45) is 3.20. The molecule has 9 heteroatoms. The lowest BCUT2D eigenvalue weighted by Crippen LogP contribution is -2.41. The van der Waals surface area contributed by atoms with Gasteiger partial charge in [-0.3, -0.25) is 9.59 Å². The molecule has 2 bridgehead atoms. The van der Waals surface area contributed by atoms with Crippen molar-refractivity contribution in [1.29, 1.82) is 0 Å². The van der Waals surface area contributed by atoms with Gasteiger partial charge in [0.2, 0.25) is 0 Å². The second-order valence-electron chi connectivity index (χ2n) is 9.29. The third-order valence-corrected chi connectivity index (χ3v) is 7.31. The summed E-state index contributed by atoms with van der Waals surface area (Å²) in [6.45, 7) is 2.74. The normalized spacial score (nSPS) is 23.0. The molecule has 3 saturated heterocycles. The zero-order valence-corrected chi connectivity index (χ0v) is 19.4. The van der Waals surface area contributed by atoms with E-state index in [0.29, 0.717) is 46.9 Å². The van der Waals surface area contributed by atoms with Crippen LogP contribution in [0.15, 0.2) is 41.4 Å². The van der Waals surface area contributed by atoms with Crippen LogP contribution in [0.3, 0.4) is 0 Å². The highest BCUT2D eigenvalue weighted by molar-refractivity contribution is 6.36. The topological polar surface area (TPSA) is 95.1 Å². The van der Waals surface area contributed by atoms with Crippen molar-refractivity contribution in [3.8, 4) is 0 Å². The summed E-state index contributed by atoms with van der Waals surface area (Å²) in [4.78, 5) is 31.9. The predicted octanol–water partition coefficient (Wildman–Crippen LogP) is 3.26. The van der Waals surface area contributed by atoms with Crippen LogP contribution in [0.2, 0.25) is 5.02 Å². The molecule has 0 spiro atoms. The highest BCUT2D eigenvalue weighted by atomic mass is 35.5. The number of guanidine groups is 1. The summed E-state index contributed by atoms with van der Waals surface area (Å²) in [6, 6.07) is 11.2. The Hall–Kier alpha value is -3.10. The Labute approximate surface area is 202 Å². The number of nitrogens with one attached hydrogen (secondary N) is 3. The van der Waals surface area contributed by atoms with Crippen molar-refractivity contribution < 1.29 is 14.3 Å². The lowest BCUT2D eigenvalue weighted by atomic mass is 10.0. The lowest BCUT2D eigenvalue weighted by molar-refractivity contribution is 0.0259. The minimum atomic E-state index is -0.278. The summed E-state index contributed by atoms with van der Waals surface area (Å²) in [7, 11) is 0. The fourth-order valence-electron chi connectivity index (χ4n) is 4.95. The molecule has 2 atom stereocenters. The fourth-order valence-corrected chi connectivity index (χ4v) is 5.21. The van der Waals surface area contributed by atoms with Crippen LogP contribution in [-0.2, 0) is 4.74 Å². The van der Waals surface area contributed by atoms with Crippen LogP contribution in [0.5, 0.6) is 0 Å². The number of halogens is 1. The van der Waals surface area contributed by atoms with Crippen LogP contribution in [0, 0.1) is 0 Å². The number of hydrogen-bond donors (Lipinski definition) is 3. The number of likely N-dealkylation sites (tertiary alicyclic amines) is 1. The molecule has 3 N–H and O–H groups in total. The van der Waals surface area contributed by atoms with Crippen LogP contribution in [0.25, 0.3) is 0 Å². The summed E-state index contributed by atoms with van der Waals surface area (Å²) in [5.41, 5.74) is 3.68. The highest BCUT2D eigenvalue weighted by Crippen LogP contribution is 2.45. The van der Waals surface area contributed by atoms with Crippen LogP contribution >= 0.6 is 11.6 Å². The Morgan fingerprint density at radius 3 is 2.65 bits per heavy atom. The molecule has 8 nitrogen and oxygen atoms in total. The fraction of sp³-hybridized carbons (Fsp3) is 0.400. The zero-order valence-electron chi connectivity index (χ0n) is 18.6. The Morgan fingerprint density at radius 2 is 1.94 bits per heavy atom. The molecule has 4 fully saturated rings. The van der Waals surface area contributed by atoms with E-state index >= 15 is 0 Å². The van der Waals surface area contributed by atoms with E-state index in [1.54, 1.807) is 12.1 Å². The van der Waals surface area contributed by atoms with Crippen molar-refractivity contribution in [2.24, 2.45) is 4.99 Å². The summed E-state index contributed by atoms with van der Waals surface area (Å²) in [5.74, 6) is 0.585. The number of nitrogens with zero attached hydrogens (tertiary/aromatic N) is 2. The number of carbonyl (C=O) groups excluding carboxylic acids is 2. The Bertz CT molecular complexity index is 1190. The largest absolute Gasteiger partial charge is 0.374 e. The Balaban J connectivity index is 1.25. The Morgan fingerprint density at radius 1 is 1.12 bits per heavy atom. The molecule has 0 aromatic heterocycles. The number of morpholine rings is 1. The molecule has 2 amide bonds. The number of benzene rings is 2. The Kier molecular flexibility index (Phi) is 5.42. The first-order valence-corrected chi connectivity index (χ1v) is 12.2. The first kappa shape index (κ1) is 21.4. The van der Waals surface area contributed by atoms with E-state index in [9.17, 15) is 9.59 Å². The van der Waals surface area contributed by atoms with E-state index in [-0.39, 0.29) is 24.0 Å². The number of amides is 2. The van der Waals surface area contributed by atoms with Crippen LogP contribution < -0.4 is 16.0 Å².